The van der Waals surface area contributed by atoms with Gasteiger partial charge in [0.15, 0.2) is 0 Å². The Morgan fingerprint density at radius 2 is 2.11 bits per heavy atom. The van der Waals surface area contributed by atoms with Crippen molar-refractivity contribution in [1.82, 2.24) is 19.8 Å². The van der Waals surface area contributed by atoms with Crippen LogP contribution in [-0.2, 0) is 9.53 Å². The van der Waals surface area contributed by atoms with Gasteiger partial charge in [-0.1, -0.05) is 12.6 Å². The molecule has 1 amide bonds. The van der Waals surface area contributed by atoms with E-state index in [0.717, 1.165) is 30.7 Å². The van der Waals surface area contributed by atoms with Crippen LogP contribution in [0.1, 0.15) is 24.8 Å². The molecular formula is C34H35FN8O3S. The standard InChI is InChI=1S/C34H35FN8O3S/c1-6-28(44)43-13-11-26(27(43)18-45-5)42(4)33-23-14-19(16-36)22(21-9-10-24(35)31-29(21)30(38-2)32(37)47-31)15-25(23)39-34(40-33)46-17-20-8-7-12-41(20)3/h6,9-10,14-15,20,26-27H,1,7-8,11-13,17-18,37H2,3-5H3/t20-,26?,27+/m0/s1. The molecule has 2 aliphatic heterocycles. The molecule has 2 N–H and O–H groups in total. The van der Waals surface area contributed by atoms with Crippen molar-refractivity contribution >= 4 is 54.7 Å². The second-order valence-corrected chi connectivity index (χ2v) is 12.9. The molecule has 242 valence electrons. The molecule has 2 aromatic heterocycles. The number of nitrogen functional groups attached to an aromatic ring is 1. The van der Waals surface area contributed by atoms with E-state index in [0.29, 0.717) is 65.0 Å². The monoisotopic (exact) mass is 654 g/mol. The summed E-state index contributed by atoms with van der Waals surface area (Å²) in [5, 5.41) is 11.6. The Morgan fingerprint density at radius 1 is 1.30 bits per heavy atom. The molecule has 0 spiro atoms. The number of amides is 1. The minimum atomic E-state index is -0.486. The molecule has 11 nitrogen and oxygen atoms in total. The van der Waals surface area contributed by atoms with Crippen LogP contribution in [0.3, 0.4) is 0 Å². The molecule has 47 heavy (non-hydrogen) atoms. The molecule has 2 aliphatic rings. The van der Waals surface area contributed by atoms with Gasteiger partial charge in [0.2, 0.25) is 11.6 Å². The number of hydrogen-bond acceptors (Lipinski definition) is 10. The van der Waals surface area contributed by atoms with Crippen LogP contribution in [0.15, 0.2) is 36.9 Å². The van der Waals surface area contributed by atoms with E-state index in [9.17, 15) is 14.4 Å². The molecule has 13 heteroatoms. The molecule has 1 unspecified atom stereocenters. The summed E-state index contributed by atoms with van der Waals surface area (Å²) >= 11 is 1.01. The summed E-state index contributed by atoms with van der Waals surface area (Å²) in [6, 6.07) is 8.66. The summed E-state index contributed by atoms with van der Waals surface area (Å²) in [6.45, 7) is 13.6. The van der Waals surface area contributed by atoms with Crippen LogP contribution in [0.4, 0.5) is 20.9 Å². The lowest BCUT2D eigenvalue weighted by molar-refractivity contribution is -0.127. The van der Waals surface area contributed by atoms with E-state index in [1.54, 1.807) is 30.2 Å². The molecule has 0 saturated carbocycles. The smallest absolute Gasteiger partial charge is 0.319 e. The van der Waals surface area contributed by atoms with Crippen LogP contribution >= 0.6 is 11.3 Å². The van der Waals surface area contributed by atoms with Crippen molar-refractivity contribution in [3.63, 3.8) is 0 Å². The Labute approximate surface area is 276 Å². The summed E-state index contributed by atoms with van der Waals surface area (Å²) in [5.74, 6) is -0.118. The van der Waals surface area contributed by atoms with Gasteiger partial charge in [-0.15, -0.1) is 11.3 Å². The van der Waals surface area contributed by atoms with E-state index in [4.69, 9.17) is 31.7 Å². The molecule has 4 heterocycles. The van der Waals surface area contributed by atoms with Gasteiger partial charge < -0.3 is 29.9 Å². The first-order chi connectivity index (χ1) is 22.7. The Kier molecular flexibility index (Phi) is 8.97. The SMILES string of the molecule is [C-]#[N+]c1c(N)sc2c(F)ccc(-c3cc4nc(OC[C@@H]5CCCN5C)nc(N(C)C5CCN(C(=O)C=C)[C@@H]5COC)c4cc3C#N)c12. The molecular weight excluding hydrogens is 619 g/mol. The maximum atomic E-state index is 14.9. The number of nitrogens with zero attached hydrogens (tertiary/aromatic N) is 7. The van der Waals surface area contributed by atoms with Crippen LogP contribution in [0.2, 0.25) is 0 Å². The first-order valence-corrected chi connectivity index (χ1v) is 16.1. The van der Waals surface area contributed by atoms with Crippen LogP contribution in [0.25, 0.3) is 37.0 Å². The summed E-state index contributed by atoms with van der Waals surface area (Å²) in [7, 11) is 5.58. The number of ether oxygens (including phenoxy) is 2. The maximum Gasteiger partial charge on any atom is 0.319 e. The van der Waals surface area contributed by atoms with Crippen LogP contribution < -0.4 is 15.4 Å². The number of likely N-dealkylation sites (tertiary alicyclic amines) is 2. The fourth-order valence-electron chi connectivity index (χ4n) is 6.87. The number of carbonyl (C=O) groups is 1. The fraction of sp³-hybridized carbons (Fsp3) is 0.382. The number of nitriles is 1. The molecule has 2 saturated heterocycles. The van der Waals surface area contributed by atoms with E-state index < -0.39 is 5.82 Å². The number of methoxy groups -OCH3 is 1. The van der Waals surface area contributed by atoms with Crippen molar-refractivity contribution in [3.05, 3.63) is 59.7 Å². The highest BCUT2D eigenvalue weighted by Crippen LogP contribution is 2.47. The lowest BCUT2D eigenvalue weighted by atomic mass is 9.95. The van der Waals surface area contributed by atoms with Gasteiger partial charge in [0, 0.05) is 43.1 Å². The van der Waals surface area contributed by atoms with Crippen molar-refractivity contribution in [2.75, 3.05) is 58.1 Å². The number of rotatable bonds is 9. The van der Waals surface area contributed by atoms with Gasteiger partial charge in [-0.3, -0.25) is 4.79 Å². The molecule has 0 aliphatic carbocycles. The number of likely N-dealkylation sites (N-methyl/N-ethyl adjacent to an activating group) is 2. The third-order valence-electron chi connectivity index (χ3n) is 9.32. The van der Waals surface area contributed by atoms with E-state index >= 15 is 0 Å². The Morgan fingerprint density at radius 3 is 2.79 bits per heavy atom. The zero-order valence-corrected chi connectivity index (χ0v) is 27.3. The first-order valence-electron chi connectivity index (χ1n) is 15.3. The Bertz CT molecular complexity index is 1970. The van der Waals surface area contributed by atoms with E-state index in [2.05, 4.69) is 29.4 Å². The number of carbonyl (C=O) groups excluding carboxylic acids is 1. The van der Waals surface area contributed by atoms with Crippen LogP contribution in [0.5, 0.6) is 6.01 Å². The quantitative estimate of drug-likeness (QED) is 0.187. The minimum Gasteiger partial charge on any atom is -0.462 e. The second-order valence-electron chi connectivity index (χ2n) is 11.9. The van der Waals surface area contributed by atoms with Crippen LogP contribution in [0, 0.1) is 23.7 Å². The number of halogens is 1. The molecule has 0 radical (unpaired) electrons. The highest BCUT2D eigenvalue weighted by atomic mass is 32.1. The third-order valence-corrected chi connectivity index (χ3v) is 10.3. The highest BCUT2D eigenvalue weighted by Gasteiger charge is 2.39. The fourth-order valence-corrected chi connectivity index (χ4v) is 7.80. The predicted octanol–water partition coefficient (Wildman–Crippen LogP) is 5.37. The number of hydrogen-bond donors (Lipinski definition) is 1. The molecule has 4 aromatic rings. The second kappa shape index (κ2) is 13.1. The molecule has 3 atom stereocenters. The Hall–Kier alpha value is -4.82. The number of benzene rings is 2. The highest BCUT2D eigenvalue weighted by molar-refractivity contribution is 7.23. The maximum absolute atomic E-state index is 14.9. The topological polar surface area (TPSA) is 125 Å². The molecule has 0 bridgehead atoms. The molecule has 6 rings (SSSR count). The lowest BCUT2D eigenvalue weighted by Gasteiger charge is -2.33. The van der Waals surface area contributed by atoms with Crippen molar-refractivity contribution in [1.29, 1.82) is 5.26 Å². The molecule has 2 aromatic carbocycles. The van der Waals surface area contributed by atoms with Crippen molar-refractivity contribution in [3.8, 4) is 23.2 Å². The van der Waals surface area contributed by atoms with Crippen molar-refractivity contribution < 1.29 is 18.7 Å². The number of aromatic nitrogens is 2. The van der Waals surface area contributed by atoms with Gasteiger partial charge in [0.1, 0.15) is 18.2 Å². The lowest BCUT2D eigenvalue weighted by Crippen LogP contribution is -2.48. The largest absolute Gasteiger partial charge is 0.462 e. The van der Waals surface area contributed by atoms with Gasteiger partial charge >= 0.3 is 6.01 Å². The summed E-state index contributed by atoms with van der Waals surface area (Å²) < 4.78 is 26.9. The number of fused-ring (bicyclic) bond motifs is 2. The van der Waals surface area contributed by atoms with E-state index in [1.807, 2.05) is 11.9 Å². The van der Waals surface area contributed by atoms with Gasteiger partial charge in [-0.05, 0) is 62.7 Å². The van der Waals surface area contributed by atoms with Crippen LogP contribution in [-0.4, -0.2) is 91.3 Å². The predicted molar refractivity (Wildman–Crippen MR) is 181 cm³/mol. The third kappa shape index (κ3) is 5.71. The van der Waals surface area contributed by atoms with E-state index in [-0.39, 0.29) is 45.4 Å². The normalized spacial score (nSPS) is 19.6. The summed E-state index contributed by atoms with van der Waals surface area (Å²) in [6.07, 6.45) is 4.07. The van der Waals surface area contributed by atoms with Crippen molar-refractivity contribution in [2.45, 2.75) is 37.4 Å². The average molecular weight is 655 g/mol. The zero-order chi connectivity index (χ0) is 33.4. The van der Waals surface area contributed by atoms with Gasteiger partial charge in [0.05, 0.1) is 52.1 Å². The molecule has 2 fully saturated rings. The van der Waals surface area contributed by atoms with Gasteiger partial charge in [0.25, 0.3) is 0 Å². The zero-order valence-electron chi connectivity index (χ0n) is 26.5. The van der Waals surface area contributed by atoms with E-state index in [1.165, 1.54) is 12.1 Å². The average Bonchev–Trinajstić information content (AvgIpc) is 3.78. The Balaban J connectivity index is 1.52. The van der Waals surface area contributed by atoms with Gasteiger partial charge in [-0.2, -0.15) is 15.2 Å². The summed E-state index contributed by atoms with van der Waals surface area (Å²) in [4.78, 5) is 32.0. The minimum absolute atomic E-state index is 0.153. The number of thiophene rings is 1. The number of nitrogens with two attached hydrogens (primary N) is 1. The van der Waals surface area contributed by atoms with Crippen molar-refractivity contribution in [2.24, 2.45) is 0 Å². The summed E-state index contributed by atoms with van der Waals surface area (Å²) in [5.41, 5.74) is 8.09. The first kappa shape index (κ1) is 32.1. The van der Waals surface area contributed by atoms with Gasteiger partial charge in [-0.25, -0.2) is 9.24 Å². The number of anilines is 2.